The first-order valence-corrected chi connectivity index (χ1v) is 7.76. The molecular formula is C17H21N3O2. The van der Waals surface area contributed by atoms with Gasteiger partial charge in [-0.1, -0.05) is 38.5 Å². The van der Waals surface area contributed by atoms with Crippen LogP contribution in [0, 0.1) is 5.92 Å². The number of aromatic amines is 1. The van der Waals surface area contributed by atoms with Gasteiger partial charge in [0.05, 0.1) is 0 Å². The number of piperazine rings is 1. The maximum absolute atomic E-state index is 12.3. The quantitative estimate of drug-likeness (QED) is 0.804. The molecule has 1 saturated heterocycles. The second kappa shape index (κ2) is 5.83. The van der Waals surface area contributed by atoms with Gasteiger partial charge in [0.25, 0.3) is 0 Å². The van der Waals surface area contributed by atoms with E-state index in [-0.39, 0.29) is 17.7 Å². The molecular weight excluding hydrogens is 278 g/mol. The van der Waals surface area contributed by atoms with Crippen molar-refractivity contribution in [1.82, 2.24) is 15.6 Å². The van der Waals surface area contributed by atoms with Gasteiger partial charge in [-0.05, 0) is 17.5 Å². The van der Waals surface area contributed by atoms with Gasteiger partial charge in [0.15, 0.2) is 0 Å². The van der Waals surface area contributed by atoms with Crippen LogP contribution in [-0.4, -0.2) is 28.9 Å². The molecule has 3 N–H and O–H groups in total. The fourth-order valence-corrected chi connectivity index (χ4v) is 2.95. The molecule has 3 atom stereocenters. The zero-order valence-corrected chi connectivity index (χ0v) is 12.8. The topological polar surface area (TPSA) is 74.0 Å². The second-order valence-electron chi connectivity index (χ2n) is 6.00. The van der Waals surface area contributed by atoms with E-state index in [2.05, 4.69) is 15.6 Å². The summed E-state index contributed by atoms with van der Waals surface area (Å²) in [4.78, 5) is 27.7. The van der Waals surface area contributed by atoms with Crippen LogP contribution < -0.4 is 10.6 Å². The molecule has 2 amide bonds. The van der Waals surface area contributed by atoms with Crippen LogP contribution in [0.1, 0.15) is 25.8 Å². The Hall–Kier alpha value is -2.30. The third kappa shape index (κ3) is 2.58. The molecule has 22 heavy (non-hydrogen) atoms. The normalized spacial score (nSPS) is 23.2. The van der Waals surface area contributed by atoms with Crippen LogP contribution in [0.5, 0.6) is 0 Å². The van der Waals surface area contributed by atoms with Crippen molar-refractivity contribution in [2.45, 2.75) is 38.8 Å². The fourth-order valence-electron chi connectivity index (χ4n) is 2.95. The van der Waals surface area contributed by atoms with Gasteiger partial charge in [0.1, 0.15) is 12.1 Å². The number of hydrogen-bond acceptors (Lipinski definition) is 2. The van der Waals surface area contributed by atoms with Crippen molar-refractivity contribution in [3.63, 3.8) is 0 Å². The second-order valence-corrected chi connectivity index (χ2v) is 6.00. The summed E-state index contributed by atoms with van der Waals surface area (Å²) in [5, 5.41) is 6.83. The predicted octanol–water partition coefficient (Wildman–Crippen LogP) is 1.74. The molecule has 3 rings (SSSR count). The number of fused-ring (bicyclic) bond motifs is 1. The van der Waals surface area contributed by atoms with Crippen molar-refractivity contribution < 1.29 is 9.59 Å². The molecule has 0 saturated carbocycles. The number of amides is 2. The third-order valence-electron chi connectivity index (χ3n) is 4.53. The minimum atomic E-state index is -0.507. The molecule has 116 valence electrons. The van der Waals surface area contributed by atoms with Crippen molar-refractivity contribution in [2.75, 3.05) is 0 Å². The van der Waals surface area contributed by atoms with Crippen LogP contribution in [0.3, 0.4) is 0 Å². The van der Waals surface area contributed by atoms with E-state index in [4.69, 9.17) is 0 Å². The Labute approximate surface area is 129 Å². The van der Waals surface area contributed by atoms with Crippen LogP contribution in [0.4, 0.5) is 0 Å². The number of aromatic nitrogens is 1. The summed E-state index contributed by atoms with van der Waals surface area (Å²) in [5.74, 6) is -0.0491. The Morgan fingerprint density at radius 2 is 1.91 bits per heavy atom. The molecule has 1 aromatic heterocycles. The standard InChI is InChI=1S/C17H21N3O2/c1-3-10(2)15-17(22)19-14(16(21)20-15)8-11-9-18-13-7-5-4-6-12(11)13/h4-7,9-10,14-15,18H,3,8H2,1-2H3,(H,19,22)(H,20,21)/t10-,14+,15-/m0/s1. The molecule has 2 aromatic rings. The van der Waals surface area contributed by atoms with Crippen molar-refractivity contribution in [1.29, 1.82) is 0 Å². The summed E-state index contributed by atoms with van der Waals surface area (Å²) in [6.07, 6.45) is 3.26. The van der Waals surface area contributed by atoms with Crippen molar-refractivity contribution in [2.24, 2.45) is 5.92 Å². The van der Waals surface area contributed by atoms with Crippen LogP contribution in [0.25, 0.3) is 10.9 Å². The molecule has 5 heteroatoms. The Balaban J connectivity index is 1.76. The lowest BCUT2D eigenvalue weighted by molar-refractivity contribution is -0.138. The average molecular weight is 299 g/mol. The fraction of sp³-hybridized carbons (Fsp3) is 0.412. The van der Waals surface area contributed by atoms with Crippen LogP contribution in [-0.2, 0) is 16.0 Å². The van der Waals surface area contributed by atoms with Gasteiger partial charge < -0.3 is 15.6 Å². The van der Waals surface area contributed by atoms with E-state index in [1.165, 1.54) is 0 Å². The highest BCUT2D eigenvalue weighted by atomic mass is 16.2. The predicted molar refractivity (Wildman–Crippen MR) is 85.3 cm³/mol. The first kappa shape index (κ1) is 14.6. The minimum Gasteiger partial charge on any atom is -0.361 e. The molecule has 2 heterocycles. The summed E-state index contributed by atoms with van der Waals surface area (Å²) < 4.78 is 0. The smallest absolute Gasteiger partial charge is 0.243 e. The maximum Gasteiger partial charge on any atom is 0.243 e. The Morgan fingerprint density at radius 3 is 2.68 bits per heavy atom. The molecule has 0 spiro atoms. The number of rotatable bonds is 4. The van der Waals surface area contributed by atoms with Crippen molar-refractivity contribution >= 4 is 22.7 Å². The SMILES string of the molecule is CC[C@H](C)[C@@H]1NC(=O)[C@@H](Cc2c[nH]c3ccccc23)NC1=O. The van der Waals surface area contributed by atoms with Gasteiger partial charge in [0.2, 0.25) is 11.8 Å². The monoisotopic (exact) mass is 299 g/mol. The lowest BCUT2D eigenvalue weighted by Gasteiger charge is -2.32. The molecule has 1 aliphatic rings. The molecule has 1 fully saturated rings. The highest BCUT2D eigenvalue weighted by Crippen LogP contribution is 2.20. The summed E-state index contributed by atoms with van der Waals surface area (Å²) in [5.41, 5.74) is 2.08. The van der Waals surface area contributed by atoms with E-state index in [9.17, 15) is 9.59 Å². The van der Waals surface area contributed by atoms with Gasteiger partial charge in [-0.2, -0.15) is 0 Å². The van der Waals surface area contributed by atoms with E-state index in [0.717, 1.165) is 22.9 Å². The van der Waals surface area contributed by atoms with E-state index >= 15 is 0 Å². The third-order valence-corrected chi connectivity index (χ3v) is 4.53. The van der Waals surface area contributed by atoms with Crippen LogP contribution in [0.2, 0.25) is 0 Å². The van der Waals surface area contributed by atoms with Gasteiger partial charge >= 0.3 is 0 Å². The maximum atomic E-state index is 12.3. The van der Waals surface area contributed by atoms with E-state index in [1.54, 1.807) is 0 Å². The summed E-state index contributed by atoms with van der Waals surface area (Å²) >= 11 is 0. The number of H-pyrrole nitrogens is 1. The molecule has 5 nitrogen and oxygen atoms in total. The zero-order chi connectivity index (χ0) is 15.7. The molecule has 1 aliphatic heterocycles. The summed E-state index contributed by atoms with van der Waals surface area (Å²) in [6, 6.07) is 7.03. The summed E-state index contributed by atoms with van der Waals surface area (Å²) in [7, 11) is 0. The first-order chi connectivity index (χ1) is 10.6. The summed E-state index contributed by atoms with van der Waals surface area (Å²) in [6.45, 7) is 3.99. The molecule has 0 aliphatic carbocycles. The number of carbonyl (C=O) groups is 2. The van der Waals surface area contributed by atoms with Gasteiger partial charge in [0, 0.05) is 23.5 Å². The lowest BCUT2D eigenvalue weighted by atomic mass is 9.94. The number of benzene rings is 1. The van der Waals surface area contributed by atoms with E-state index in [0.29, 0.717) is 6.42 Å². The number of hydrogen-bond donors (Lipinski definition) is 3. The first-order valence-electron chi connectivity index (χ1n) is 7.76. The highest BCUT2D eigenvalue weighted by Gasteiger charge is 2.36. The average Bonchev–Trinajstić information content (AvgIpc) is 2.93. The molecule has 0 unspecified atom stereocenters. The molecule has 1 aromatic carbocycles. The minimum absolute atomic E-state index is 0.0845. The molecule has 0 radical (unpaired) electrons. The van der Waals surface area contributed by atoms with Crippen molar-refractivity contribution in [3.05, 3.63) is 36.0 Å². The van der Waals surface area contributed by atoms with Gasteiger partial charge in [-0.15, -0.1) is 0 Å². The molecule has 0 bridgehead atoms. The largest absolute Gasteiger partial charge is 0.361 e. The van der Waals surface area contributed by atoms with E-state index in [1.807, 2.05) is 44.3 Å². The number of para-hydroxylation sites is 1. The van der Waals surface area contributed by atoms with Gasteiger partial charge in [-0.25, -0.2) is 0 Å². The van der Waals surface area contributed by atoms with Crippen molar-refractivity contribution in [3.8, 4) is 0 Å². The Bertz CT molecular complexity index is 707. The van der Waals surface area contributed by atoms with E-state index < -0.39 is 12.1 Å². The highest BCUT2D eigenvalue weighted by molar-refractivity contribution is 5.97. The number of nitrogens with one attached hydrogen (secondary N) is 3. The Morgan fingerprint density at radius 1 is 1.14 bits per heavy atom. The van der Waals surface area contributed by atoms with Crippen LogP contribution in [0.15, 0.2) is 30.5 Å². The lowest BCUT2D eigenvalue weighted by Crippen LogP contribution is -2.63. The number of carbonyl (C=O) groups excluding carboxylic acids is 2. The van der Waals surface area contributed by atoms with Gasteiger partial charge in [-0.3, -0.25) is 9.59 Å². The zero-order valence-electron chi connectivity index (χ0n) is 12.8. The van der Waals surface area contributed by atoms with Crippen LogP contribution >= 0.6 is 0 Å². The Kier molecular flexibility index (Phi) is 3.88.